The Morgan fingerprint density at radius 3 is 2.74 bits per heavy atom. The molecule has 0 unspecified atom stereocenters. The molecule has 3 aromatic rings. The predicted octanol–water partition coefficient (Wildman–Crippen LogP) is 5.46. The molecule has 0 aliphatic carbocycles. The SMILES string of the molecule is CC1=CC(C)(C)N(C(=O)CSc2nc3ccccc3o2)c2cc(C)ccc21. The van der Waals surface area contributed by atoms with Crippen LogP contribution in [0.2, 0.25) is 0 Å². The second-order valence-corrected chi connectivity index (χ2v) is 8.39. The van der Waals surface area contributed by atoms with Gasteiger partial charge < -0.3 is 9.32 Å². The molecule has 5 heteroatoms. The van der Waals surface area contributed by atoms with E-state index in [1.165, 1.54) is 17.3 Å². The van der Waals surface area contributed by atoms with Crippen molar-refractivity contribution >= 4 is 40.0 Å². The van der Waals surface area contributed by atoms with Gasteiger partial charge in [0.1, 0.15) is 5.52 Å². The number of amides is 1. The van der Waals surface area contributed by atoms with Crippen LogP contribution >= 0.6 is 11.8 Å². The predicted molar refractivity (Wildman–Crippen MR) is 111 cm³/mol. The molecule has 0 saturated heterocycles. The van der Waals surface area contributed by atoms with Crippen LogP contribution in [0.5, 0.6) is 0 Å². The number of hydrogen-bond acceptors (Lipinski definition) is 4. The van der Waals surface area contributed by atoms with Crippen LogP contribution < -0.4 is 4.90 Å². The lowest BCUT2D eigenvalue weighted by atomic mass is 9.88. The van der Waals surface area contributed by atoms with Gasteiger partial charge in [0.05, 0.1) is 17.0 Å². The van der Waals surface area contributed by atoms with E-state index in [-0.39, 0.29) is 17.2 Å². The molecule has 1 aromatic heterocycles. The third-order valence-electron chi connectivity index (χ3n) is 4.81. The smallest absolute Gasteiger partial charge is 0.257 e. The lowest BCUT2D eigenvalue weighted by Gasteiger charge is -2.41. The summed E-state index contributed by atoms with van der Waals surface area (Å²) >= 11 is 1.34. The maximum atomic E-state index is 13.2. The fourth-order valence-corrected chi connectivity index (χ4v) is 4.39. The number of carbonyl (C=O) groups is 1. The summed E-state index contributed by atoms with van der Waals surface area (Å²) in [6.45, 7) is 8.30. The number of carbonyl (C=O) groups excluding carboxylic acids is 1. The number of thioether (sulfide) groups is 1. The first-order chi connectivity index (χ1) is 12.8. The number of para-hydroxylation sites is 2. The van der Waals surface area contributed by atoms with Crippen molar-refractivity contribution in [3.05, 3.63) is 59.7 Å². The van der Waals surface area contributed by atoms with Crippen molar-refractivity contribution in [3.8, 4) is 0 Å². The second-order valence-electron chi connectivity index (χ2n) is 7.47. The summed E-state index contributed by atoms with van der Waals surface area (Å²) in [5.74, 6) is 0.319. The van der Waals surface area contributed by atoms with E-state index in [0.717, 1.165) is 27.9 Å². The third-order valence-corrected chi connectivity index (χ3v) is 5.62. The van der Waals surface area contributed by atoms with E-state index < -0.39 is 0 Å². The first kappa shape index (κ1) is 17.9. The minimum absolute atomic E-state index is 0.0443. The molecule has 0 N–H and O–H groups in total. The maximum absolute atomic E-state index is 13.2. The van der Waals surface area contributed by atoms with Gasteiger partial charge in [-0.25, -0.2) is 4.98 Å². The fraction of sp³-hybridized carbons (Fsp3) is 0.273. The van der Waals surface area contributed by atoms with Gasteiger partial charge in [-0.2, -0.15) is 0 Å². The average Bonchev–Trinajstić information content (AvgIpc) is 3.01. The Bertz CT molecular complexity index is 1030. The Balaban J connectivity index is 1.61. The number of rotatable bonds is 3. The number of benzene rings is 2. The van der Waals surface area contributed by atoms with Crippen LogP contribution in [-0.4, -0.2) is 22.2 Å². The average molecular weight is 378 g/mol. The van der Waals surface area contributed by atoms with Crippen molar-refractivity contribution in [2.75, 3.05) is 10.7 Å². The van der Waals surface area contributed by atoms with Crippen LogP contribution in [0.4, 0.5) is 5.69 Å². The van der Waals surface area contributed by atoms with E-state index in [2.05, 4.69) is 57.0 Å². The molecule has 1 aliphatic rings. The zero-order chi connectivity index (χ0) is 19.2. The van der Waals surface area contributed by atoms with Gasteiger partial charge in [-0.15, -0.1) is 0 Å². The van der Waals surface area contributed by atoms with Crippen molar-refractivity contribution in [1.82, 2.24) is 4.98 Å². The zero-order valence-electron chi connectivity index (χ0n) is 15.9. The Morgan fingerprint density at radius 2 is 1.96 bits per heavy atom. The topological polar surface area (TPSA) is 46.3 Å². The van der Waals surface area contributed by atoms with Crippen LogP contribution in [0, 0.1) is 6.92 Å². The van der Waals surface area contributed by atoms with E-state index in [4.69, 9.17) is 4.42 Å². The Morgan fingerprint density at radius 1 is 1.19 bits per heavy atom. The molecule has 0 spiro atoms. The van der Waals surface area contributed by atoms with Crippen LogP contribution in [0.15, 0.2) is 58.2 Å². The molecule has 1 amide bonds. The Hall–Kier alpha value is -2.53. The number of fused-ring (bicyclic) bond motifs is 2. The van der Waals surface area contributed by atoms with Gasteiger partial charge in [-0.05, 0) is 57.0 Å². The Labute approximate surface area is 163 Å². The molecule has 2 heterocycles. The summed E-state index contributed by atoms with van der Waals surface area (Å²) in [6.07, 6.45) is 2.16. The monoisotopic (exact) mass is 378 g/mol. The molecule has 0 saturated carbocycles. The van der Waals surface area contributed by atoms with Crippen LogP contribution in [0.3, 0.4) is 0 Å². The Kier molecular flexibility index (Phi) is 4.35. The van der Waals surface area contributed by atoms with Gasteiger partial charge in [0.2, 0.25) is 5.91 Å². The van der Waals surface area contributed by atoms with Crippen molar-refractivity contribution in [3.63, 3.8) is 0 Å². The molecular weight excluding hydrogens is 356 g/mol. The summed E-state index contributed by atoms with van der Waals surface area (Å²) in [5, 5.41) is 0.524. The standard InChI is InChI=1S/C22H22N2O2S/c1-14-9-10-16-15(2)12-22(3,4)24(18(16)11-14)20(25)13-27-21-23-17-7-5-6-8-19(17)26-21/h5-12H,13H2,1-4H3. The van der Waals surface area contributed by atoms with Crippen LogP contribution in [0.25, 0.3) is 16.7 Å². The van der Waals surface area contributed by atoms with Crippen LogP contribution in [0.1, 0.15) is 31.9 Å². The highest BCUT2D eigenvalue weighted by atomic mass is 32.2. The number of allylic oxidation sites excluding steroid dienone is 1. The summed E-state index contributed by atoms with van der Waals surface area (Å²) in [6, 6.07) is 13.9. The number of oxazole rings is 1. The highest BCUT2D eigenvalue weighted by molar-refractivity contribution is 7.99. The lowest BCUT2D eigenvalue weighted by molar-refractivity contribution is -0.116. The van der Waals surface area contributed by atoms with Crippen LogP contribution in [-0.2, 0) is 4.79 Å². The van der Waals surface area contributed by atoms with Gasteiger partial charge in [0.15, 0.2) is 5.58 Å². The summed E-state index contributed by atoms with van der Waals surface area (Å²) < 4.78 is 5.73. The van der Waals surface area contributed by atoms with E-state index in [9.17, 15) is 4.79 Å². The molecule has 4 rings (SSSR count). The fourth-order valence-electron chi connectivity index (χ4n) is 3.70. The quantitative estimate of drug-likeness (QED) is 0.568. The lowest BCUT2D eigenvalue weighted by Crippen LogP contribution is -2.49. The van der Waals surface area contributed by atoms with Gasteiger partial charge in [-0.3, -0.25) is 4.79 Å². The summed E-state index contributed by atoms with van der Waals surface area (Å²) in [5.41, 5.74) is 5.59. The van der Waals surface area contributed by atoms with E-state index >= 15 is 0 Å². The third kappa shape index (κ3) is 3.28. The molecule has 0 fully saturated rings. The first-order valence-corrected chi connectivity index (χ1v) is 9.96. The van der Waals surface area contributed by atoms with Gasteiger partial charge in [-0.1, -0.05) is 42.1 Å². The molecule has 27 heavy (non-hydrogen) atoms. The van der Waals surface area contributed by atoms with Crippen molar-refractivity contribution < 1.29 is 9.21 Å². The van der Waals surface area contributed by atoms with E-state index in [0.29, 0.717) is 5.22 Å². The highest BCUT2D eigenvalue weighted by Crippen LogP contribution is 2.40. The molecule has 0 atom stereocenters. The van der Waals surface area contributed by atoms with Gasteiger partial charge >= 0.3 is 0 Å². The van der Waals surface area contributed by atoms with E-state index in [1.807, 2.05) is 29.2 Å². The molecule has 138 valence electrons. The normalized spacial score (nSPS) is 15.6. The van der Waals surface area contributed by atoms with E-state index in [1.54, 1.807) is 0 Å². The zero-order valence-corrected chi connectivity index (χ0v) is 16.8. The second kappa shape index (κ2) is 6.57. The largest absolute Gasteiger partial charge is 0.431 e. The molecular formula is C22H22N2O2S. The highest BCUT2D eigenvalue weighted by Gasteiger charge is 2.35. The minimum atomic E-state index is -0.385. The number of hydrogen-bond donors (Lipinski definition) is 0. The number of aromatic nitrogens is 1. The summed E-state index contributed by atoms with van der Waals surface area (Å²) in [7, 11) is 0. The van der Waals surface area contributed by atoms with Crippen molar-refractivity contribution in [2.24, 2.45) is 0 Å². The van der Waals surface area contributed by atoms with Gasteiger partial charge in [0.25, 0.3) is 5.22 Å². The first-order valence-electron chi connectivity index (χ1n) is 8.97. The molecule has 4 nitrogen and oxygen atoms in total. The molecule has 1 aliphatic heterocycles. The minimum Gasteiger partial charge on any atom is -0.431 e. The number of nitrogens with zero attached hydrogens (tertiary/aromatic N) is 2. The summed E-state index contributed by atoms with van der Waals surface area (Å²) in [4.78, 5) is 19.5. The van der Waals surface area contributed by atoms with Crippen molar-refractivity contribution in [1.29, 1.82) is 0 Å². The number of anilines is 1. The maximum Gasteiger partial charge on any atom is 0.257 e. The molecule has 2 aromatic carbocycles. The van der Waals surface area contributed by atoms with Crippen molar-refractivity contribution in [2.45, 2.75) is 38.5 Å². The van der Waals surface area contributed by atoms with Gasteiger partial charge in [0, 0.05) is 5.56 Å². The number of aryl methyl sites for hydroxylation is 1. The molecule has 0 radical (unpaired) electrons. The molecule has 0 bridgehead atoms.